The Labute approximate surface area is 193 Å². The van der Waals surface area contributed by atoms with E-state index in [0.29, 0.717) is 16.5 Å². The highest BCUT2D eigenvalue weighted by atomic mass is 35.5. The molecule has 0 aliphatic carbocycles. The Morgan fingerprint density at radius 3 is 2.31 bits per heavy atom. The quantitative estimate of drug-likeness (QED) is 0.575. The monoisotopic (exact) mass is 451 g/mol. The Bertz CT molecular complexity index is 1050. The summed E-state index contributed by atoms with van der Waals surface area (Å²) < 4.78 is 5.20. The fraction of sp³-hybridized carbons (Fsp3) is 0.240. The summed E-state index contributed by atoms with van der Waals surface area (Å²) in [5.74, 6) is 0.719. The van der Waals surface area contributed by atoms with Crippen LogP contribution in [0.25, 0.3) is 0 Å². The van der Waals surface area contributed by atoms with E-state index in [-0.39, 0.29) is 11.7 Å². The van der Waals surface area contributed by atoms with Crippen LogP contribution in [0.5, 0.6) is 11.5 Å². The number of benzene rings is 3. The Hall–Kier alpha value is -3.22. The van der Waals surface area contributed by atoms with E-state index in [9.17, 15) is 9.90 Å². The maximum absolute atomic E-state index is 13.4. The van der Waals surface area contributed by atoms with Crippen molar-refractivity contribution in [3.05, 3.63) is 83.4 Å². The predicted molar refractivity (Wildman–Crippen MR) is 128 cm³/mol. The van der Waals surface area contributed by atoms with Gasteiger partial charge in [-0.3, -0.25) is 9.69 Å². The number of halogens is 1. The number of piperazine rings is 1. The third-order valence-electron chi connectivity index (χ3n) is 5.68. The number of rotatable bonds is 6. The van der Waals surface area contributed by atoms with E-state index in [1.54, 1.807) is 37.4 Å². The molecule has 0 radical (unpaired) electrons. The number of methoxy groups -OCH3 is 1. The molecule has 4 rings (SSSR count). The number of anilines is 2. The van der Waals surface area contributed by atoms with Crippen molar-refractivity contribution in [2.45, 2.75) is 6.04 Å². The second kappa shape index (κ2) is 9.94. The number of aromatic hydroxyl groups is 1. The van der Waals surface area contributed by atoms with Crippen molar-refractivity contribution >= 4 is 28.9 Å². The van der Waals surface area contributed by atoms with Crippen LogP contribution in [0.15, 0.2) is 72.8 Å². The van der Waals surface area contributed by atoms with Gasteiger partial charge in [0.15, 0.2) is 0 Å². The van der Waals surface area contributed by atoms with Crippen molar-refractivity contribution in [1.82, 2.24) is 4.90 Å². The Morgan fingerprint density at radius 2 is 1.69 bits per heavy atom. The zero-order valence-corrected chi connectivity index (χ0v) is 18.6. The molecule has 1 heterocycles. The first-order valence-corrected chi connectivity index (χ1v) is 10.9. The molecule has 3 aromatic carbocycles. The second-order valence-corrected chi connectivity index (χ2v) is 8.10. The molecule has 0 saturated carbocycles. The van der Waals surface area contributed by atoms with Gasteiger partial charge >= 0.3 is 0 Å². The highest BCUT2D eigenvalue weighted by Crippen LogP contribution is 2.30. The number of phenolic OH excluding ortho intramolecular Hbond substituents is 1. The predicted octanol–water partition coefficient (Wildman–Crippen LogP) is 4.56. The van der Waals surface area contributed by atoms with Crippen LogP contribution in [0.1, 0.15) is 11.6 Å². The normalized spacial score (nSPS) is 15.2. The summed E-state index contributed by atoms with van der Waals surface area (Å²) in [4.78, 5) is 17.9. The van der Waals surface area contributed by atoms with Crippen LogP contribution in [0.4, 0.5) is 11.4 Å². The van der Waals surface area contributed by atoms with Gasteiger partial charge in [0.25, 0.3) is 0 Å². The average molecular weight is 452 g/mol. The average Bonchev–Trinajstić information content (AvgIpc) is 2.81. The molecule has 0 spiro atoms. The smallest absolute Gasteiger partial charge is 0.246 e. The van der Waals surface area contributed by atoms with Gasteiger partial charge in [-0.2, -0.15) is 0 Å². The summed E-state index contributed by atoms with van der Waals surface area (Å²) in [6.07, 6.45) is 0. The summed E-state index contributed by atoms with van der Waals surface area (Å²) in [5, 5.41) is 13.0. The number of hydrogen-bond donors (Lipinski definition) is 2. The standard InChI is InChI=1S/C25H26ClN3O3/c1-32-23-12-7-19(17-22(23)26)27-25(31)24(18-5-3-2-4-6-18)29-15-13-28(14-16-29)20-8-10-21(30)11-9-20/h2-12,17,24,30H,13-16H2,1H3,(H,27,31). The van der Waals surface area contributed by atoms with E-state index < -0.39 is 6.04 Å². The van der Waals surface area contributed by atoms with Gasteiger partial charge in [0.1, 0.15) is 17.5 Å². The number of carbonyl (C=O) groups excluding carboxylic acids is 1. The third kappa shape index (κ3) is 4.98. The molecule has 0 aromatic heterocycles. The maximum atomic E-state index is 13.4. The first kappa shape index (κ1) is 22.0. The number of amides is 1. The molecule has 1 aliphatic heterocycles. The van der Waals surface area contributed by atoms with Gasteiger partial charge in [0.05, 0.1) is 12.1 Å². The van der Waals surface area contributed by atoms with E-state index in [4.69, 9.17) is 16.3 Å². The molecule has 1 saturated heterocycles. The lowest BCUT2D eigenvalue weighted by molar-refractivity contribution is -0.121. The van der Waals surface area contributed by atoms with Crippen molar-refractivity contribution in [1.29, 1.82) is 0 Å². The molecule has 6 nitrogen and oxygen atoms in total. The molecule has 32 heavy (non-hydrogen) atoms. The lowest BCUT2D eigenvalue weighted by Crippen LogP contribution is -2.50. The summed E-state index contributed by atoms with van der Waals surface area (Å²) in [6, 6.07) is 21.9. The second-order valence-electron chi connectivity index (χ2n) is 7.69. The van der Waals surface area contributed by atoms with Crippen LogP contribution in [0.2, 0.25) is 5.02 Å². The van der Waals surface area contributed by atoms with Gasteiger partial charge in [-0.1, -0.05) is 41.9 Å². The minimum absolute atomic E-state index is 0.101. The van der Waals surface area contributed by atoms with Crippen molar-refractivity contribution in [3.63, 3.8) is 0 Å². The molecular weight excluding hydrogens is 426 g/mol. The van der Waals surface area contributed by atoms with Crippen molar-refractivity contribution < 1.29 is 14.6 Å². The summed E-state index contributed by atoms with van der Waals surface area (Å²) in [7, 11) is 1.56. The number of phenols is 1. The van der Waals surface area contributed by atoms with E-state index in [0.717, 1.165) is 37.4 Å². The fourth-order valence-corrected chi connectivity index (χ4v) is 4.28. The first-order valence-electron chi connectivity index (χ1n) is 10.5. The highest BCUT2D eigenvalue weighted by Gasteiger charge is 2.30. The minimum atomic E-state index is -0.418. The van der Waals surface area contributed by atoms with Crippen LogP contribution in [-0.4, -0.2) is 49.2 Å². The topological polar surface area (TPSA) is 65.0 Å². The van der Waals surface area contributed by atoms with Gasteiger partial charge < -0.3 is 20.1 Å². The van der Waals surface area contributed by atoms with E-state index in [1.807, 2.05) is 42.5 Å². The van der Waals surface area contributed by atoms with Crippen molar-refractivity contribution in [2.24, 2.45) is 0 Å². The van der Waals surface area contributed by atoms with Crippen LogP contribution >= 0.6 is 11.6 Å². The molecule has 1 atom stereocenters. The van der Waals surface area contributed by atoms with E-state index in [2.05, 4.69) is 15.1 Å². The molecule has 7 heteroatoms. The van der Waals surface area contributed by atoms with E-state index >= 15 is 0 Å². The van der Waals surface area contributed by atoms with Gasteiger partial charge in [-0.25, -0.2) is 0 Å². The maximum Gasteiger partial charge on any atom is 0.246 e. The molecule has 1 amide bonds. The summed E-state index contributed by atoms with van der Waals surface area (Å²) >= 11 is 6.23. The largest absolute Gasteiger partial charge is 0.508 e. The van der Waals surface area contributed by atoms with Gasteiger partial charge in [0, 0.05) is 37.6 Å². The Kier molecular flexibility index (Phi) is 6.83. The third-order valence-corrected chi connectivity index (χ3v) is 5.97. The molecule has 1 unspecified atom stereocenters. The van der Waals surface area contributed by atoms with Crippen molar-refractivity contribution in [3.8, 4) is 11.5 Å². The highest BCUT2D eigenvalue weighted by molar-refractivity contribution is 6.32. The fourth-order valence-electron chi connectivity index (χ4n) is 4.02. The number of carbonyl (C=O) groups is 1. The number of nitrogens with one attached hydrogen (secondary N) is 1. The number of ether oxygens (including phenoxy) is 1. The van der Waals surface area contributed by atoms with Crippen LogP contribution in [-0.2, 0) is 4.79 Å². The molecule has 1 aliphatic rings. The number of hydrogen-bond acceptors (Lipinski definition) is 5. The SMILES string of the molecule is COc1ccc(NC(=O)C(c2ccccc2)N2CCN(c3ccc(O)cc3)CC2)cc1Cl. The molecule has 1 fully saturated rings. The summed E-state index contributed by atoms with van der Waals surface area (Å²) in [6.45, 7) is 3.04. The molecule has 166 valence electrons. The number of nitrogens with zero attached hydrogens (tertiary/aromatic N) is 2. The zero-order valence-electron chi connectivity index (χ0n) is 17.9. The van der Waals surface area contributed by atoms with Gasteiger partial charge in [0.2, 0.25) is 5.91 Å². The zero-order chi connectivity index (χ0) is 22.5. The lowest BCUT2D eigenvalue weighted by Gasteiger charge is -2.39. The molecule has 0 bridgehead atoms. The van der Waals surface area contributed by atoms with Crippen LogP contribution < -0.4 is 15.0 Å². The molecular formula is C25H26ClN3O3. The Morgan fingerprint density at radius 1 is 1.00 bits per heavy atom. The minimum Gasteiger partial charge on any atom is -0.508 e. The van der Waals surface area contributed by atoms with Gasteiger partial charge in [-0.05, 0) is 48.0 Å². The first-order chi connectivity index (χ1) is 15.5. The van der Waals surface area contributed by atoms with Gasteiger partial charge in [-0.15, -0.1) is 0 Å². The van der Waals surface area contributed by atoms with Crippen LogP contribution in [0.3, 0.4) is 0 Å². The van der Waals surface area contributed by atoms with E-state index in [1.165, 1.54) is 0 Å². The van der Waals surface area contributed by atoms with Crippen molar-refractivity contribution in [2.75, 3.05) is 43.5 Å². The lowest BCUT2D eigenvalue weighted by atomic mass is 10.0. The Balaban J connectivity index is 1.51. The van der Waals surface area contributed by atoms with Crippen LogP contribution in [0, 0.1) is 0 Å². The summed E-state index contributed by atoms with van der Waals surface area (Å²) in [5.41, 5.74) is 2.64. The molecule has 3 aromatic rings. The molecule has 2 N–H and O–H groups in total.